The molecule has 1 aromatic heterocycles. The number of hydrogen-bond acceptors (Lipinski definition) is 4. The van der Waals surface area contributed by atoms with Crippen molar-refractivity contribution < 1.29 is 5.11 Å². The highest BCUT2D eigenvalue weighted by Gasteiger charge is 2.19. The fourth-order valence-corrected chi connectivity index (χ4v) is 1.59. The van der Waals surface area contributed by atoms with E-state index >= 15 is 0 Å². The van der Waals surface area contributed by atoms with Gasteiger partial charge in [-0.25, -0.2) is 10.4 Å². The first-order valence-electron chi connectivity index (χ1n) is 6.20. The molecule has 0 fully saturated rings. The number of aromatic nitrogens is 1. The quantitative estimate of drug-likeness (QED) is 0.599. The molecular formula is C14H23N3O. The van der Waals surface area contributed by atoms with E-state index in [9.17, 15) is 5.11 Å². The minimum absolute atomic E-state index is 0.259. The first-order chi connectivity index (χ1) is 8.36. The van der Waals surface area contributed by atoms with Gasteiger partial charge in [0.25, 0.3) is 0 Å². The maximum absolute atomic E-state index is 9.99. The van der Waals surface area contributed by atoms with Crippen LogP contribution in [-0.2, 0) is 5.60 Å². The second-order valence-corrected chi connectivity index (χ2v) is 5.05. The number of aliphatic hydroxyl groups is 1. The number of anilines is 1. The van der Waals surface area contributed by atoms with Gasteiger partial charge in [-0.1, -0.05) is 12.1 Å². The second-order valence-electron chi connectivity index (χ2n) is 5.05. The van der Waals surface area contributed by atoms with Crippen molar-refractivity contribution >= 4 is 5.82 Å². The Kier molecular flexibility index (Phi) is 4.87. The summed E-state index contributed by atoms with van der Waals surface area (Å²) in [4.78, 5) is 4.50. The summed E-state index contributed by atoms with van der Waals surface area (Å²) in [5.74, 6) is 0.798. The van der Waals surface area contributed by atoms with Gasteiger partial charge in [-0.05, 0) is 39.8 Å². The minimum atomic E-state index is -0.933. The van der Waals surface area contributed by atoms with Gasteiger partial charge in [-0.3, -0.25) is 5.01 Å². The van der Waals surface area contributed by atoms with Crippen molar-refractivity contribution in [1.29, 1.82) is 0 Å². The zero-order chi connectivity index (χ0) is 13.8. The molecule has 18 heavy (non-hydrogen) atoms. The fraction of sp³-hybridized carbons (Fsp3) is 0.500. The predicted octanol–water partition coefficient (Wildman–Crippen LogP) is 2.21. The van der Waals surface area contributed by atoms with Crippen LogP contribution in [0.1, 0.15) is 33.4 Å². The summed E-state index contributed by atoms with van der Waals surface area (Å²) in [6.07, 6.45) is 1.80. The van der Waals surface area contributed by atoms with Crippen molar-refractivity contribution in [1.82, 2.24) is 10.4 Å². The lowest BCUT2D eigenvalue weighted by Gasteiger charge is -2.29. The van der Waals surface area contributed by atoms with Gasteiger partial charge in [0.1, 0.15) is 11.4 Å². The summed E-state index contributed by atoms with van der Waals surface area (Å²) in [6.45, 7) is 12.0. The Morgan fingerprint density at radius 1 is 1.50 bits per heavy atom. The topological polar surface area (TPSA) is 48.4 Å². The van der Waals surface area contributed by atoms with E-state index in [1.54, 1.807) is 19.9 Å². The van der Waals surface area contributed by atoms with Crippen LogP contribution in [0.25, 0.3) is 0 Å². The van der Waals surface area contributed by atoms with Gasteiger partial charge in [0, 0.05) is 12.6 Å². The lowest BCUT2D eigenvalue weighted by Crippen LogP contribution is -2.44. The third-order valence-corrected chi connectivity index (χ3v) is 2.53. The van der Waals surface area contributed by atoms with E-state index in [1.807, 2.05) is 23.2 Å². The predicted molar refractivity (Wildman–Crippen MR) is 75.3 cm³/mol. The SMILES string of the molecule is C=CCNN(c1cccc(C(C)(C)O)n1)C(C)C. The summed E-state index contributed by atoms with van der Waals surface area (Å²) in [5.41, 5.74) is 2.96. The van der Waals surface area contributed by atoms with Crippen molar-refractivity contribution in [2.24, 2.45) is 0 Å². The fourth-order valence-electron chi connectivity index (χ4n) is 1.59. The maximum Gasteiger partial charge on any atom is 0.143 e. The van der Waals surface area contributed by atoms with Crippen LogP contribution < -0.4 is 10.4 Å². The van der Waals surface area contributed by atoms with Gasteiger partial charge in [-0.15, -0.1) is 6.58 Å². The van der Waals surface area contributed by atoms with Crippen LogP contribution in [0.5, 0.6) is 0 Å². The van der Waals surface area contributed by atoms with Crippen LogP contribution in [0.4, 0.5) is 5.82 Å². The number of nitrogens with one attached hydrogen (secondary N) is 1. The number of hydrogen-bond donors (Lipinski definition) is 2. The van der Waals surface area contributed by atoms with Crippen molar-refractivity contribution in [3.8, 4) is 0 Å². The van der Waals surface area contributed by atoms with E-state index in [4.69, 9.17) is 0 Å². The van der Waals surface area contributed by atoms with Crippen LogP contribution in [-0.4, -0.2) is 22.7 Å². The molecule has 1 rings (SSSR count). The van der Waals surface area contributed by atoms with E-state index in [0.29, 0.717) is 12.2 Å². The summed E-state index contributed by atoms with van der Waals surface area (Å²) < 4.78 is 0. The van der Waals surface area contributed by atoms with E-state index in [2.05, 4.69) is 30.8 Å². The summed E-state index contributed by atoms with van der Waals surface area (Å²) in [6, 6.07) is 5.91. The molecule has 0 unspecified atom stereocenters. The molecule has 2 N–H and O–H groups in total. The summed E-state index contributed by atoms with van der Waals surface area (Å²) in [7, 11) is 0. The first kappa shape index (κ1) is 14.7. The van der Waals surface area contributed by atoms with E-state index in [-0.39, 0.29) is 6.04 Å². The monoisotopic (exact) mass is 249 g/mol. The Morgan fingerprint density at radius 2 is 2.17 bits per heavy atom. The molecule has 0 bridgehead atoms. The highest BCUT2D eigenvalue weighted by molar-refractivity contribution is 5.39. The van der Waals surface area contributed by atoms with Gasteiger partial charge in [-0.2, -0.15) is 0 Å². The van der Waals surface area contributed by atoms with Gasteiger partial charge in [0.05, 0.1) is 5.69 Å². The Morgan fingerprint density at radius 3 is 2.67 bits per heavy atom. The first-order valence-corrected chi connectivity index (χ1v) is 6.20. The van der Waals surface area contributed by atoms with Crippen molar-refractivity contribution in [3.63, 3.8) is 0 Å². The Labute approximate surface area is 109 Å². The van der Waals surface area contributed by atoms with Gasteiger partial charge < -0.3 is 5.11 Å². The molecule has 1 heterocycles. The lowest BCUT2D eigenvalue weighted by atomic mass is 10.1. The van der Waals surface area contributed by atoms with E-state index in [0.717, 1.165) is 5.82 Å². The molecule has 100 valence electrons. The highest BCUT2D eigenvalue weighted by Crippen LogP contribution is 2.20. The average Bonchev–Trinajstić information content (AvgIpc) is 2.28. The Balaban J connectivity index is 3.01. The molecule has 0 atom stereocenters. The molecule has 0 aliphatic rings. The van der Waals surface area contributed by atoms with Crippen molar-refractivity contribution in [2.45, 2.75) is 39.3 Å². The van der Waals surface area contributed by atoms with Crippen LogP contribution in [0.15, 0.2) is 30.9 Å². The molecular weight excluding hydrogens is 226 g/mol. The molecule has 0 aromatic carbocycles. The normalized spacial score (nSPS) is 11.7. The number of pyridine rings is 1. The molecule has 4 heteroatoms. The van der Waals surface area contributed by atoms with Crippen LogP contribution in [0.2, 0.25) is 0 Å². The molecule has 0 saturated heterocycles. The third kappa shape index (κ3) is 3.82. The Hall–Kier alpha value is -1.39. The van der Waals surface area contributed by atoms with Gasteiger partial charge in [0.15, 0.2) is 0 Å². The molecule has 0 radical (unpaired) electrons. The highest BCUT2D eigenvalue weighted by atomic mass is 16.3. The molecule has 1 aromatic rings. The summed E-state index contributed by atoms with van der Waals surface area (Å²) in [5, 5.41) is 12.0. The number of nitrogens with zero attached hydrogens (tertiary/aromatic N) is 2. The van der Waals surface area contributed by atoms with E-state index in [1.165, 1.54) is 0 Å². The molecule has 0 spiro atoms. The second kappa shape index (κ2) is 5.98. The smallest absolute Gasteiger partial charge is 0.143 e. The zero-order valence-electron chi connectivity index (χ0n) is 11.6. The molecule has 0 aliphatic carbocycles. The average molecular weight is 249 g/mol. The largest absolute Gasteiger partial charge is 0.384 e. The minimum Gasteiger partial charge on any atom is -0.384 e. The third-order valence-electron chi connectivity index (χ3n) is 2.53. The van der Waals surface area contributed by atoms with Gasteiger partial charge in [0.2, 0.25) is 0 Å². The standard InChI is InChI=1S/C14H23N3O/c1-6-10-15-17(11(2)3)13-9-7-8-12(16-13)14(4,5)18/h6-9,11,15,18H,1,10H2,2-5H3. The van der Waals surface area contributed by atoms with Crippen LogP contribution in [0.3, 0.4) is 0 Å². The number of rotatable bonds is 6. The molecule has 0 amide bonds. The zero-order valence-corrected chi connectivity index (χ0v) is 11.6. The summed E-state index contributed by atoms with van der Waals surface area (Å²) >= 11 is 0. The Bertz CT molecular complexity index is 396. The van der Waals surface area contributed by atoms with Gasteiger partial charge >= 0.3 is 0 Å². The maximum atomic E-state index is 9.99. The molecule has 0 saturated carbocycles. The van der Waals surface area contributed by atoms with Crippen LogP contribution >= 0.6 is 0 Å². The molecule has 4 nitrogen and oxygen atoms in total. The molecule has 0 aliphatic heterocycles. The number of hydrazine groups is 1. The lowest BCUT2D eigenvalue weighted by molar-refractivity contribution is 0.0739. The van der Waals surface area contributed by atoms with E-state index < -0.39 is 5.60 Å². The van der Waals surface area contributed by atoms with Crippen LogP contribution in [0, 0.1) is 0 Å². The van der Waals surface area contributed by atoms with Crippen molar-refractivity contribution in [2.75, 3.05) is 11.6 Å². The van der Waals surface area contributed by atoms with Crippen molar-refractivity contribution in [3.05, 3.63) is 36.5 Å².